The van der Waals surface area contributed by atoms with Crippen LogP contribution in [0.2, 0.25) is 5.15 Å². The lowest BCUT2D eigenvalue weighted by Gasteiger charge is -2.02. The van der Waals surface area contributed by atoms with Crippen molar-refractivity contribution in [3.05, 3.63) is 23.4 Å². The maximum atomic E-state index is 8.47. The second-order valence-corrected chi connectivity index (χ2v) is 2.61. The minimum absolute atomic E-state index is 0.126. The van der Waals surface area contributed by atoms with Gasteiger partial charge in [0.1, 0.15) is 5.15 Å². The minimum atomic E-state index is 0.126. The van der Waals surface area contributed by atoms with Gasteiger partial charge in [-0.25, -0.2) is 4.98 Å². The highest BCUT2D eigenvalue weighted by Crippen LogP contribution is 2.11. The van der Waals surface area contributed by atoms with E-state index >= 15 is 0 Å². The number of aromatic nitrogens is 1. The molecule has 0 aromatic carbocycles. The van der Waals surface area contributed by atoms with Crippen molar-refractivity contribution in [1.82, 2.24) is 4.98 Å². The monoisotopic (exact) mass is 187 g/mol. The molecule has 1 aromatic rings. The molecule has 0 spiro atoms. The van der Waals surface area contributed by atoms with Crippen LogP contribution in [0.1, 0.15) is 6.42 Å². The lowest BCUT2D eigenvalue weighted by Crippen LogP contribution is -2.00. The van der Waals surface area contributed by atoms with Crippen LogP contribution in [-0.4, -0.2) is 23.3 Å². The summed E-state index contributed by atoms with van der Waals surface area (Å²) >= 11 is 5.62. The fourth-order valence-electron chi connectivity index (χ4n) is 0.711. The molecule has 0 aliphatic heterocycles. The van der Waals surface area contributed by atoms with Crippen LogP contribution in [0.3, 0.4) is 0 Å². The molecule has 0 amide bonds. The summed E-state index contributed by atoms with van der Waals surface area (Å²) in [5.41, 5.74) is 0. The first-order valence-electron chi connectivity index (χ1n) is 3.69. The van der Waals surface area contributed by atoms with Gasteiger partial charge in [-0.3, -0.25) is 0 Å². The van der Waals surface area contributed by atoms with Crippen molar-refractivity contribution in [2.75, 3.05) is 13.2 Å². The zero-order chi connectivity index (χ0) is 8.81. The van der Waals surface area contributed by atoms with Crippen LogP contribution < -0.4 is 4.74 Å². The zero-order valence-electron chi connectivity index (χ0n) is 6.53. The molecule has 12 heavy (non-hydrogen) atoms. The van der Waals surface area contributed by atoms with Gasteiger partial charge in [-0.05, 0) is 6.07 Å². The standard InChI is InChI=1S/C8H10ClNO2/c9-7-3-1-4-8(10-7)12-6-2-5-11/h1,3-4,11H,2,5-6H2. The molecular formula is C8H10ClNO2. The van der Waals surface area contributed by atoms with Gasteiger partial charge in [0.2, 0.25) is 5.88 Å². The number of aliphatic hydroxyl groups excluding tert-OH is 1. The molecule has 66 valence electrons. The Morgan fingerprint density at radius 1 is 1.50 bits per heavy atom. The van der Waals surface area contributed by atoms with Crippen molar-refractivity contribution in [2.24, 2.45) is 0 Å². The minimum Gasteiger partial charge on any atom is -0.478 e. The van der Waals surface area contributed by atoms with Crippen LogP contribution in [0.15, 0.2) is 18.2 Å². The van der Waals surface area contributed by atoms with Crippen molar-refractivity contribution in [3.63, 3.8) is 0 Å². The van der Waals surface area contributed by atoms with Gasteiger partial charge < -0.3 is 9.84 Å². The van der Waals surface area contributed by atoms with Gasteiger partial charge in [0.25, 0.3) is 0 Å². The number of halogens is 1. The number of hydrogen-bond donors (Lipinski definition) is 1. The molecule has 0 radical (unpaired) electrons. The van der Waals surface area contributed by atoms with E-state index in [2.05, 4.69) is 4.98 Å². The number of rotatable bonds is 4. The molecule has 0 unspecified atom stereocenters. The average Bonchev–Trinajstić information content (AvgIpc) is 2.05. The van der Waals surface area contributed by atoms with Crippen LogP contribution in [0.4, 0.5) is 0 Å². The summed E-state index contributed by atoms with van der Waals surface area (Å²) < 4.78 is 5.17. The highest BCUT2D eigenvalue weighted by molar-refractivity contribution is 6.29. The third-order valence-electron chi connectivity index (χ3n) is 1.24. The molecule has 1 heterocycles. The van der Waals surface area contributed by atoms with E-state index in [-0.39, 0.29) is 6.61 Å². The Balaban J connectivity index is 2.41. The maximum Gasteiger partial charge on any atom is 0.214 e. The third kappa shape index (κ3) is 3.07. The summed E-state index contributed by atoms with van der Waals surface area (Å²) in [7, 11) is 0. The Kier molecular flexibility index (Phi) is 3.84. The fourth-order valence-corrected chi connectivity index (χ4v) is 0.867. The van der Waals surface area contributed by atoms with Crippen molar-refractivity contribution in [1.29, 1.82) is 0 Å². The van der Waals surface area contributed by atoms with E-state index in [0.717, 1.165) is 0 Å². The molecule has 0 aliphatic carbocycles. The molecule has 0 bridgehead atoms. The molecule has 0 atom stereocenters. The number of aliphatic hydroxyl groups is 1. The SMILES string of the molecule is OCCCOc1cccc(Cl)n1. The average molecular weight is 188 g/mol. The first kappa shape index (κ1) is 9.29. The predicted octanol–water partition coefficient (Wildman–Crippen LogP) is 1.50. The van der Waals surface area contributed by atoms with Crippen LogP contribution in [-0.2, 0) is 0 Å². The van der Waals surface area contributed by atoms with Crippen LogP contribution in [0, 0.1) is 0 Å². The highest BCUT2D eigenvalue weighted by atomic mass is 35.5. The smallest absolute Gasteiger partial charge is 0.214 e. The molecule has 1 rings (SSSR count). The Morgan fingerprint density at radius 2 is 2.33 bits per heavy atom. The van der Waals surface area contributed by atoms with E-state index in [9.17, 15) is 0 Å². The lowest BCUT2D eigenvalue weighted by molar-refractivity contribution is 0.229. The first-order chi connectivity index (χ1) is 5.83. The van der Waals surface area contributed by atoms with Gasteiger partial charge in [-0.15, -0.1) is 0 Å². The molecule has 1 N–H and O–H groups in total. The van der Waals surface area contributed by atoms with E-state index in [1.165, 1.54) is 0 Å². The molecule has 0 saturated carbocycles. The maximum absolute atomic E-state index is 8.47. The molecule has 3 nitrogen and oxygen atoms in total. The topological polar surface area (TPSA) is 42.4 Å². The van der Waals surface area contributed by atoms with Crippen molar-refractivity contribution >= 4 is 11.6 Å². The summed E-state index contributed by atoms with van der Waals surface area (Å²) in [5, 5.41) is 8.89. The van der Waals surface area contributed by atoms with E-state index in [0.29, 0.717) is 24.1 Å². The Bertz CT molecular complexity index is 242. The second kappa shape index (κ2) is 4.95. The van der Waals surface area contributed by atoms with Crippen LogP contribution >= 0.6 is 11.6 Å². The van der Waals surface area contributed by atoms with Crippen LogP contribution in [0.5, 0.6) is 5.88 Å². The van der Waals surface area contributed by atoms with E-state index < -0.39 is 0 Å². The lowest BCUT2D eigenvalue weighted by atomic mass is 10.5. The number of hydrogen-bond acceptors (Lipinski definition) is 3. The van der Waals surface area contributed by atoms with E-state index in [4.69, 9.17) is 21.4 Å². The molecule has 0 saturated heterocycles. The molecule has 0 fully saturated rings. The van der Waals surface area contributed by atoms with Gasteiger partial charge in [-0.1, -0.05) is 17.7 Å². The van der Waals surface area contributed by atoms with Gasteiger partial charge >= 0.3 is 0 Å². The zero-order valence-corrected chi connectivity index (χ0v) is 7.29. The quantitative estimate of drug-likeness (QED) is 0.574. The Labute approximate surface area is 76.0 Å². The van der Waals surface area contributed by atoms with Gasteiger partial charge in [0.15, 0.2) is 0 Å². The normalized spacial score (nSPS) is 9.83. The third-order valence-corrected chi connectivity index (χ3v) is 1.45. The van der Waals surface area contributed by atoms with E-state index in [1.807, 2.05) is 0 Å². The summed E-state index contributed by atoms with van der Waals surface area (Å²) in [5.74, 6) is 0.496. The predicted molar refractivity (Wildman–Crippen MR) is 46.4 cm³/mol. The highest BCUT2D eigenvalue weighted by Gasteiger charge is 1.94. The fraction of sp³-hybridized carbons (Fsp3) is 0.375. The molecule has 4 heteroatoms. The first-order valence-corrected chi connectivity index (χ1v) is 4.07. The van der Waals surface area contributed by atoms with Gasteiger partial charge in [0.05, 0.1) is 6.61 Å². The van der Waals surface area contributed by atoms with Gasteiger partial charge in [-0.2, -0.15) is 0 Å². The van der Waals surface area contributed by atoms with Crippen LogP contribution in [0.25, 0.3) is 0 Å². The molecular weight excluding hydrogens is 178 g/mol. The Morgan fingerprint density at radius 3 is 3.00 bits per heavy atom. The number of nitrogens with zero attached hydrogens (tertiary/aromatic N) is 1. The summed E-state index contributed by atoms with van der Waals surface area (Å²) in [6, 6.07) is 5.17. The largest absolute Gasteiger partial charge is 0.478 e. The summed E-state index contributed by atoms with van der Waals surface area (Å²) in [6.45, 7) is 0.588. The van der Waals surface area contributed by atoms with Crippen molar-refractivity contribution in [3.8, 4) is 5.88 Å². The van der Waals surface area contributed by atoms with E-state index in [1.54, 1.807) is 18.2 Å². The molecule has 1 aromatic heterocycles. The summed E-state index contributed by atoms with van der Waals surface area (Å²) in [6.07, 6.45) is 0.605. The van der Waals surface area contributed by atoms with Gasteiger partial charge in [0, 0.05) is 19.1 Å². The number of pyridine rings is 1. The number of ether oxygens (including phenoxy) is 1. The van der Waals surface area contributed by atoms with Crippen molar-refractivity contribution in [2.45, 2.75) is 6.42 Å². The second-order valence-electron chi connectivity index (χ2n) is 2.22. The molecule has 0 aliphatic rings. The van der Waals surface area contributed by atoms with Crippen molar-refractivity contribution < 1.29 is 9.84 Å². The Hall–Kier alpha value is -0.800. The summed E-state index contributed by atoms with van der Waals surface area (Å²) in [4.78, 5) is 3.91.